The van der Waals surface area contributed by atoms with E-state index in [1.807, 2.05) is 7.05 Å². The van der Waals surface area contributed by atoms with Gasteiger partial charge in [0, 0.05) is 38.3 Å². The monoisotopic (exact) mass is 213 g/mol. The smallest absolute Gasteiger partial charge is 0.0344 e. The van der Waals surface area contributed by atoms with Gasteiger partial charge in [0.2, 0.25) is 0 Å². The minimum Gasteiger partial charge on any atom is -0.318 e. The summed E-state index contributed by atoms with van der Waals surface area (Å²) in [4.78, 5) is 5.11. The molecule has 0 spiro atoms. The zero-order chi connectivity index (χ0) is 11.4. The van der Waals surface area contributed by atoms with Crippen LogP contribution >= 0.6 is 0 Å². The zero-order valence-electron chi connectivity index (χ0n) is 11.0. The Bertz CT molecular complexity index is 182. The van der Waals surface area contributed by atoms with Crippen LogP contribution in [0.3, 0.4) is 0 Å². The minimum atomic E-state index is 0.655. The van der Waals surface area contributed by atoms with Crippen molar-refractivity contribution >= 4 is 0 Å². The second-order valence-corrected chi connectivity index (χ2v) is 5.30. The van der Waals surface area contributed by atoms with Crippen molar-refractivity contribution in [2.75, 3.05) is 40.3 Å². The van der Waals surface area contributed by atoms with Crippen LogP contribution in [0.15, 0.2) is 0 Å². The summed E-state index contributed by atoms with van der Waals surface area (Å²) in [5, 5.41) is 3.30. The summed E-state index contributed by atoms with van der Waals surface area (Å²) < 4.78 is 0. The molecule has 1 saturated heterocycles. The predicted molar refractivity (Wildman–Crippen MR) is 66.2 cm³/mol. The standard InChI is InChI=1S/C12H27N3/c1-10(2)15-8-11(3)7-14(5)12(9-15)6-13-4/h10-13H,6-9H2,1-5H3. The van der Waals surface area contributed by atoms with Crippen molar-refractivity contribution in [3.05, 3.63) is 0 Å². The highest BCUT2D eigenvalue weighted by atomic mass is 15.3. The molecule has 1 N–H and O–H groups in total. The van der Waals surface area contributed by atoms with Gasteiger partial charge in [-0.25, -0.2) is 0 Å². The Hall–Kier alpha value is -0.120. The van der Waals surface area contributed by atoms with Gasteiger partial charge in [0.05, 0.1) is 0 Å². The molecule has 2 atom stereocenters. The summed E-state index contributed by atoms with van der Waals surface area (Å²) in [5.74, 6) is 0.777. The summed E-state index contributed by atoms with van der Waals surface area (Å²) in [6.07, 6.45) is 0. The van der Waals surface area contributed by atoms with Crippen LogP contribution < -0.4 is 5.32 Å². The molecular formula is C12H27N3. The van der Waals surface area contributed by atoms with Gasteiger partial charge < -0.3 is 10.2 Å². The lowest BCUT2D eigenvalue weighted by molar-refractivity contribution is 0.178. The second-order valence-electron chi connectivity index (χ2n) is 5.30. The first kappa shape index (κ1) is 12.9. The molecule has 3 nitrogen and oxygen atoms in total. The Labute approximate surface area is 94.8 Å². The van der Waals surface area contributed by atoms with Gasteiger partial charge in [0.15, 0.2) is 0 Å². The fraction of sp³-hybridized carbons (Fsp3) is 1.00. The molecule has 0 aliphatic carbocycles. The molecule has 1 aliphatic heterocycles. The van der Waals surface area contributed by atoms with E-state index >= 15 is 0 Å². The SMILES string of the molecule is CNCC1CN(C(C)C)CC(C)CN1C. The first-order chi connectivity index (χ1) is 7.04. The van der Waals surface area contributed by atoms with Crippen LogP contribution in [0.5, 0.6) is 0 Å². The first-order valence-corrected chi connectivity index (χ1v) is 6.13. The van der Waals surface area contributed by atoms with Crippen molar-refractivity contribution in [1.29, 1.82) is 0 Å². The zero-order valence-corrected chi connectivity index (χ0v) is 11.0. The molecule has 2 unspecified atom stereocenters. The Morgan fingerprint density at radius 1 is 1.27 bits per heavy atom. The average Bonchev–Trinajstić information content (AvgIpc) is 2.27. The topological polar surface area (TPSA) is 18.5 Å². The fourth-order valence-electron chi connectivity index (χ4n) is 2.46. The van der Waals surface area contributed by atoms with E-state index in [-0.39, 0.29) is 0 Å². The van der Waals surface area contributed by atoms with Crippen molar-refractivity contribution in [1.82, 2.24) is 15.1 Å². The van der Waals surface area contributed by atoms with Gasteiger partial charge in [-0.1, -0.05) is 6.92 Å². The number of nitrogens with one attached hydrogen (secondary N) is 1. The normalized spacial score (nSPS) is 30.8. The number of hydrogen-bond acceptors (Lipinski definition) is 3. The molecule has 0 aromatic heterocycles. The summed E-state index contributed by atoms with van der Waals surface area (Å²) in [6, 6.07) is 1.32. The van der Waals surface area contributed by atoms with Crippen LogP contribution in [0.25, 0.3) is 0 Å². The van der Waals surface area contributed by atoms with Crippen molar-refractivity contribution in [2.45, 2.75) is 32.9 Å². The summed E-state index contributed by atoms with van der Waals surface area (Å²) in [7, 11) is 4.30. The van der Waals surface area contributed by atoms with E-state index in [9.17, 15) is 0 Å². The summed E-state index contributed by atoms with van der Waals surface area (Å²) >= 11 is 0. The molecule has 0 aromatic carbocycles. The maximum atomic E-state index is 3.30. The van der Waals surface area contributed by atoms with Crippen LogP contribution in [-0.4, -0.2) is 62.2 Å². The molecule has 0 bridgehead atoms. The summed E-state index contributed by atoms with van der Waals surface area (Å²) in [6.45, 7) is 11.7. The third-order valence-electron chi connectivity index (χ3n) is 3.38. The summed E-state index contributed by atoms with van der Waals surface area (Å²) in [5.41, 5.74) is 0. The Balaban J connectivity index is 2.63. The molecule has 0 amide bonds. The average molecular weight is 213 g/mol. The second kappa shape index (κ2) is 5.83. The van der Waals surface area contributed by atoms with E-state index in [1.54, 1.807) is 0 Å². The quantitative estimate of drug-likeness (QED) is 0.750. The maximum absolute atomic E-state index is 3.30. The number of nitrogens with zero attached hydrogens (tertiary/aromatic N) is 2. The van der Waals surface area contributed by atoms with Crippen molar-refractivity contribution < 1.29 is 0 Å². The highest BCUT2D eigenvalue weighted by molar-refractivity contribution is 4.83. The van der Waals surface area contributed by atoms with E-state index in [0.717, 1.165) is 12.5 Å². The molecule has 1 rings (SSSR count). The lowest BCUT2D eigenvalue weighted by Crippen LogP contribution is -2.46. The molecule has 0 aromatic rings. The predicted octanol–water partition coefficient (Wildman–Crippen LogP) is 0.866. The molecule has 1 fully saturated rings. The first-order valence-electron chi connectivity index (χ1n) is 6.13. The van der Waals surface area contributed by atoms with Gasteiger partial charge in [0.1, 0.15) is 0 Å². The van der Waals surface area contributed by atoms with E-state index in [4.69, 9.17) is 0 Å². The van der Waals surface area contributed by atoms with E-state index in [0.29, 0.717) is 12.1 Å². The van der Waals surface area contributed by atoms with Gasteiger partial charge in [-0.2, -0.15) is 0 Å². The molecular weight excluding hydrogens is 186 g/mol. The Morgan fingerprint density at radius 3 is 2.47 bits per heavy atom. The number of likely N-dealkylation sites (N-methyl/N-ethyl adjacent to an activating group) is 2. The van der Waals surface area contributed by atoms with E-state index in [1.165, 1.54) is 19.6 Å². The van der Waals surface area contributed by atoms with Gasteiger partial charge in [-0.05, 0) is 33.9 Å². The van der Waals surface area contributed by atoms with Gasteiger partial charge in [-0.15, -0.1) is 0 Å². The number of rotatable bonds is 3. The molecule has 90 valence electrons. The molecule has 1 heterocycles. The third kappa shape index (κ3) is 3.74. The molecule has 0 radical (unpaired) electrons. The highest BCUT2D eigenvalue weighted by Crippen LogP contribution is 2.14. The third-order valence-corrected chi connectivity index (χ3v) is 3.38. The largest absolute Gasteiger partial charge is 0.318 e. The van der Waals surface area contributed by atoms with Crippen LogP contribution in [0.4, 0.5) is 0 Å². The maximum Gasteiger partial charge on any atom is 0.0344 e. The van der Waals surface area contributed by atoms with E-state index in [2.05, 4.69) is 42.9 Å². The lowest BCUT2D eigenvalue weighted by atomic mass is 10.1. The van der Waals surface area contributed by atoms with E-state index < -0.39 is 0 Å². The van der Waals surface area contributed by atoms with Crippen molar-refractivity contribution in [2.24, 2.45) is 5.92 Å². The Morgan fingerprint density at radius 2 is 1.93 bits per heavy atom. The number of hydrogen-bond donors (Lipinski definition) is 1. The van der Waals surface area contributed by atoms with Gasteiger partial charge >= 0.3 is 0 Å². The molecule has 3 heteroatoms. The van der Waals surface area contributed by atoms with Gasteiger partial charge in [-0.3, -0.25) is 4.90 Å². The fourth-order valence-corrected chi connectivity index (χ4v) is 2.46. The van der Waals surface area contributed by atoms with Crippen LogP contribution in [0.1, 0.15) is 20.8 Å². The molecule has 0 saturated carbocycles. The van der Waals surface area contributed by atoms with Crippen molar-refractivity contribution in [3.8, 4) is 0 Å². The minimum absolute atomic E-state index is 0.655. The van der Waals surface area contributed by atoms with Crippen LogP contribution in [0, 0.1) is 5.92 Å². The molecule has 15 heavy (non-hydrogen) atoms. The molecule has 1 aliphatic rings. The van der Waals surface area contributed by atoms with Crippen molar-refractivity contribution in [3.63, 3.8) is 0 Å². The van der Waals surface area contributed by atoms with Gasteiger partial charge in [0.25, 0.3) is 0 Å². The lowest BCUT2D eigenvalue weighted by Gasteiger charge is -2.30. The Kier molecular flexibility index (Phi) is 5.03. The van der Waals surface area contributed by atoms with Crippen LogP contribution in [-0.2, 0) is 0 Å². The van der Waals surface area contributed by atoms with Crippen LogP contribution in [0.2, 0.25) is 0 Å². The highest BCUT2D eigenvalue weighted by Gasteiger charge is 2.26.